The molecule has 32 heavy (non-hydrogen) atoms. The Morgan fingerprint density at radius 3 is 2.50 bits per heavy atom. The lowest BCUT2D eigenvalue weighted by atomic mass is 10.00. The van der Waals surface area contributed by atoms with Gasteiger partial charge in [0.1, 0.15) is 5.82 Å². The third-order valence-electron chi connectivity index (χ3n) is 6.63. The van der Waals surface area contributed by atoms with E-state index in [2.05, 4.69) is 74.7 Å². The standard InChI is InChI=1S/C27H30N4O/c32-27(29-25-12-15-30(16-13-25)19-21-6-2-1-3-7-21)23-10-14-28-26(18-23)31-17-11-22-8-4-5-9-24(22)20-31/h1-10,14,18,25H,11-13,15-17,19-20H2,(H,29,32). The van der Waals surface area contributed by atoms with Gasteiger partial charge < -0.3 is 10.2 Å². The molecule has 5 nitrogen and oxygen atoms in total. The van der Waals surface area contributed by atoms with Gasteiger partial charge in [0.25, 0.3) is 5.91 Å². The lowest BCUT2D eigenvalue weighted by molar-refractivity contribution is 0.0909. The molecule has 5 heteroatoms. The van der Waals surface area contributed by atoms with Crippen molar-refractivity contribution in [2.24, 2.45) is 0 Å². The minimum absolute atomic E-state index is 0.00701. The number of fused-ring (bicyclic) bond motifs is 1. The van der Waals surface area contributed by atoms with E-state index in [0.29, 0.717) is 5.56 Å². The minimum Gasteiger partial charge on any atom is -0.352 e. The molecule has 0 radical (unpaired) electrons. The van der Waals surface area contributed by atoms with Crippen molar-refractivity contribution in [2.75, 3.05) is 24.5 Å². The van der Waals surface area contributed by atoms with Crippen LogP contribution in [0.5, 0.6) is 0 Å². The molecule has 3 aromatic rings. The van der Waals surface area contributed by atoms with Crippen molar-refractivity contribution in [3.63, 3.8) is 0 Å². The van der Waals surface area contributed by atoms with Gasteiger partial charge in [0.2, 0.25) is 0 Å². The molecule has 1 amide bonds. The Balaban J connectivity index is 1.16. The van der Waals surface area contributed by atoms with E-state index in [1.807, 2.05) is 12.1 Å². The SMILES string of the molecule is O=C(NC1CCN(Cc2ccccc2)CC1)c1ccnc(N2CCc3ccccc3C2)c1. The van der Waals surface area contributed by atoms with Crippen LogP contribution in [0.25, 0.3) is 0 Å². The molecule has 5 rings (SSSR count). The van der Waals surface area contributed by atoms with Crippen LogP contribution in [0, 0.1) is 0 Å². The van der Waals surface area contributed by atoms with Gasteiger partial charge in [-0.05, 0) is 48.1 Å². The number of hydrogen-bond acceptors (Lipinski definition) is 4. The van der Waals surface area contributed by atoms with Gasteiger partial charge in [0, 0.05) is 50.5 Å². The van der Waals surface area contributed by atoms with Crippen molar-refractivity contribution < 1.29 is 4.79 Å². The highest BCUT2D eigenvalue weighted by Crippen LogP contribution is 2.23. The second-order valence-electron chi connectivity index (χ2n) is 8.85. The van der Waals surface area contributed by atoms with Crippen LogP contribution >= 0.6 is 0 Å². The second kappa shape index (κ2) is 9.53. The molecule has 0 bridgehead atoms. The van der Waals surface area contributed by atoms with Gasteiger partial charge in [-0.1, -0.05) is 54.6 Å². The van der Waals surface area contributed by atoms with E-state index in [1.54, 1.807) is 6.20 Å². The van der Waals surface area contributed by atoms with Gasteiger partial charge in [0.05, 0.1) is 0 Å². The lowest BCUT2D eigenvalue weighted by Gasteiger charge is -2.32. The summed E-state index contributed by atoms with van der Waals surface area (Å²) >= 11 is 0. The molecule has 1 aromatic heterocycles. The van der Waals surface area contributed by atoms with Crippen molar-refractivity contribution in [1.29, 1.82) is 0 Å². The molecule has 0 spiro atoms. The average Bonchev–Trinajstić information content (AvgIpc) is 2.85. The summed E-state index contributed by atoms with van der Waals surface area (Å²) in [4.78, 5) is 22.2. The van der Waals surface area contributed by atoms with Crippen LogP contribution in [0.4, 0.5) is 5.82 Å². The fourth-order valence-corrected chi connectivity index (χ4v) is 4.77. The average molecular weight is 427 g/mol. The Labute approximate surface area is 190 Å². The molecule has 2 aromatic carbocycles. The van der Waals surface area contributed by atoms with E-state index in [4.69, 9.17) is 0 Å². The predicted molar refractivity (Wildman–Crippen MR) is 128 cm³/mol. The third kappa shape index (κ3) is 4.83. The molecule has 0 saturated carbocycles. The fourth-order valence-electron chi connectivity index (χ4n) is 4.77. The van der Waals surface area contributed by atoms with Crippen molar-refractivity contribution in [2.45, 2.75) is 38.4 Å². The van der Waals surface area contributed by atoms with E-state index in [1.165, 1.54) is 16.7 Å². The zero-order chi connectivity index (χ0) is 21.8. The van der Waals surface area contributed by atoms with Crippen molar-refractivity contribution in [3.05, 3.63) is 95.2 Å². The van der Waals surface area contributed by atoms with Gasteiger partial charge in [-0.3, -0.25) is 9.69 Å². The first-order valence-electron chi connectivity index (χ1n) is 11.6. The number of hydrogen-bond donors (Lipinski definition) is 1. The summed E-state index contributed by atoms with van der Waals surface area (Å²) < 4.78 is 0. The van der Waals surface area contributed by atoms with Crippen LogP contribution in [0.3, 0.4) is 0 Å². The van der Waals surface area contributed by atoms with Gasteiger partial charge in [-0.15, -0.1) is 0 Å². The number of amides is 1. The van der Waals surface area contributed by atoms with Gasteiger partial charge in [-0.2, -0.15) is 0 Å². The fraction of sp³-hybridized carbons (Fsp3) is 0.333. The molecule has 1 N–H and O–H groups in total. The second-order valence-corrected chi connectivity index (χ2v) is 8.85. The van der Waals surface area contributed by atoms with Crippen molar-refractivity contribution in [3.8, 4) is 0 Å². The van der Waals surface area contributed by atoms with E-state index in [9.17, 15) is 4.79 Å². The Kier molecular flexibility index (Phi) is 6.17. The summed E-state index contributed by atoms with van der Waals surface area (Å²) in [5.74, 6) is 0.886. The first-order chi connectivity index (χ1) is 15.7. The summed E-state index contributed by atoms with van der Waals surface area (Å²) in [5.41, 5.74) is 4.80. The normalized spacial score (nSPS) is 17.1. The molecule has 3 heterocycles. The Bertz CT molecular complexity index is 1060. The quantitative estimate of drug-likeness (QED) is 0.669. The maximum Gasteiger partial charge on any atom is 0.251 e. The van der Waals surface area contributed by atoms with Crippen LogP contribution in [-0.2, 0) is 19.5 Å². The number of aromatic nitrogens is 1. The predicted octanol–water partition coefficient (Wildman–Crippen LogP) is 4.04. The number of carbonyl (C=O) groups is 1. The Hall–Kier alpha value is -3.18. The van der Waals surface area contributed by atoms with Crippen LogP contribution in [0.1, 0.15) is 39.9 Å². The van der Waals surface area contributed by atoms with E-state index < -0.39 is 0 Å². The smallest absolute Gasteiger partial charge is 0.251 e. The topological polar surface area (TPSA) is 48.5 Å². The number of likely N-dealkylation sites (tertiary alicyclic amines) is 1. The molecular formula is C27H30N4O. The lowest BCUT2D eigenvalue weighted by Crippen LogP contribution is -2.44. The minimum atomic E-state index is 0.00701. The molecular weight excluding hydrogens is 396 g/mol. The highest BCUT2D eigenvalue weighted by Gasteiger charge is 2.22. The summed E-state index contributed by atoms with van der Waals surface area (Å²) in [7, 11) is 0. The number of rotatable bonds is 5. The summed E-state index contributed by atoms with van der Waals surface area (Å²) in [6.45, 7) is 4.76. The third-order valence-corrected chi connectivity index (χ3v) is 6.63. The summed E-state index contributed by atoms with van der Waals surface area (Å²) in [6.07, 6.45) is 4.74. The molecule has 2 aliphatic rings. The number of nitrogens with zero attached hydrogens (tertiary/aromatic N) is 3. The number of nitrogens with one attached hydrogen (secondary N) is 1. The zero-order valence-corrected chi connectivity index (χ0v) is 18.4. The van der Waals surface area contributed by atoms with Crippen LogP contribution in [-0.4, -0.2) is 41.5 Å². The summed E-state index contributed by atoms with van der Waals surface area (Å²) in [5, 5.41) is 3.25. The molecule has 2 aliphatic heterocycles. The largest absolute Gasteiger partial charge is 0.352 e. The monoisotopic (exact) mass is 426 g/mol. The van der Waals surface area contributed by atoms with Crippen LogP contribution in [0.15, 0.2) is 72.9 Å². The first-order valence-corrected chi connectivity index (χ1v) is 11.6. The zero-order valence-electron chi connectivity index (χ0n) is 18.4. The van der Waals surface area contributed by atoms with Crippen LogP contribution in [0.2, 0.25) is 0 Å². The van der Waals surface area contributed by atoms with Gasteiger partial charge >= 0.3 is 0 Å². The number of pyridine rings is 1. The number of carbonyl (C=O) groups excluding carboxylic acids is 1. The van der Waals surface area contributed by atoms with E-state index in [0.717, 1.165) is 57.8 Å². The first kappa shape index (κ1) is 20.7. The van der Waals surface area contributed by atoms with E-state index >= 15 is 0 Å². The highest BCUT2D eigenvalue weighted by atomic mass is 16.1. The maximum atomic E-state index is 12.9. The number of anilines is 1. The van der Waals surface area contributed by atoms with Gasteiger partial charge in [0.15, 0.2) is 0 Å². The molecule has 1 fully saturated rings. The number of benzene rings is 2. The van der Waals surface area contributed by atoms with Crippen molar-refractivity contribution >= 4 is 11.7 Å². The molecule has 0 atom stereocenters. The molecule has 0 unspecified atom stereocenters. The maximum absolute atomic E-state index is 12.9. The highest BCUT2D eigenvalue weighted by molar-refractivity contribution is 5.95. The molecule has 0 aliphatic carbocycles. The Morgan fingerprint density at radius 1 is 0.938 bits per heavy atom. The van der Waals surface area contributed by atoms with Crippen LogP contribution < -0.4 is 10.2 Å². The van der Waals surface area contributed by atoms with E-state index in [-0.39, 0.29) is 11.9 Å². The summed E-state index contributed by atoms with van der Waals surface area (Å²) in [6, 6.07) is 23.2. The van der Waals surface area contributed by atoms with Gasteiger partial charge in [-0.25, -0.2) is 4.98 Å². The van der Waals surface area contributed by atoms with Crippen molar-refractivity contribution in [1.82, 2.24) is 15.2 Å². The molecule has 1 saturated heterocycles. The Morgan fingerprint density at radius 2 is 1.69 bits per heavy atom. The number of piperidine rings is 1. The molecule has 164 valence electrons.